The molecule has 1 aromatic carbocycles. The number of nitrogens with zero attached hydrogens (tertiary/aromatic N) is 1. The van der Waals surface area contributed by atoms with E-state index in [1.807, 2.05) is 38.1 Å². The second-order valence-electron chi connectivity index (χ2n) is 4.18. The summed E-state index contributed by atoms with van der Waals surface area (Å²) in [5.74, 6) is 0.00528. The van der Waals surface area contributed by atoms with E-state index in [2.05, 4.69) is 15.6 Å². The fourth-order valence-corrected chi connectivity index (χ4v) is 2.48. The Labute approximate surface area is 111 Å². The number of amidine groups is 1. The van der Waals surface area contributed by atoms with Gasteiger partial charge in [-0.15, -0.1) is 0 Å². The van der Waals surface area contributed by atoms with Crippen molar-refractivity contribution < 1.29 is 4.79 Å². The highest BCUT2D eigenvalue weighted by Gasteiger charge is 2.18. The standard InChI is InChI=1S/C13H17N3OS/c1-9-5-3-4-6-11(9)16-12(17)10(2)18-13-14-7-8-15-13/h3-6,10H,7-8H2,1-2H3,(H,14,15)(H,16,17). The molecule has 0 saturated carbocycles. The van der Waals surface area contributed by atoms with Crippen molar-refractivity contribution in [2.45, 2.75) is 19.1 Å². The molecule has 0 spiro atoms. The first-order chi connectivity index (χ1) is 8.66. The van der Waals surface area contributed by atoms with Crippen LogP contribution in [-0.4, -0.2) is 29.4 Å². The van der Waals surface area contributed by atoms with Gasteiger partial charge in [-0.05, 0) is 25.5 Å². The highest BCUT2D eigenvalue weighted by molar-refractivity contribution is 8.14. The van der Waals surface area contributed by atoms with Gasteiger partial charge in [-0.3, -0.25) is 9.79 Å². The molecule has 5 heteroatoms. The number of thioether (sulfide) groups is 1. The van der Waals surface area contributed by atoms with Gasteiger partial charge < -0.3 is 10.6 Å². The number of para-hydroxylation sites is 1. The van der Waals surface area contributed by atoms with Gasteiger partial charge >= 0.3 is 0 Å². The molecular weight excluding hydrogens is 246 g/mol. The maximum atomic E-state index is 12.0. The minimum Gasteiger partial charge on any atom is -0.363 e. The summed E-state index contributed by atoms with van der Waals surface area (Å²) in [7, 11) is 0. The molecule has 1 atom stereocenters. The molecule has 96 valence electrons. The molecule has 1 aromatic rings. The Morgan fingerprint density at radius 1 is 1.50 bits per heavy atom. The third-order valence-corrected chi connectivity index (χ3v) is 3.77. The average molecular weight is 263 g/mol. The number of nitrogens with one attached hydrogen (secondary N) is 2. The van der Waals surface area contributed by atoms with E-state index in [9.17, 15) is 4.79 Å². The molecule has 0 fully saturated rings. The molecule has 18 heavy (non-hydrogen) atoms. The van der Waals surface area contributed by atoms with Gasteiger partial charge in [-0.1, -0.05) is 30.0 Å². The second-order valence-corrected chi connectivity index (χ2v) is 5.51. The van der Waals surface area contributed by atoms with Crippen molar-refractivity contribution in [3.63, 3.8) is 0 Å². The number of benzene rings is 1. The van der Waals surface area contributed by atoms with Crippen molar-refractivity contribution in [2.24, 2.45) is 4.99 Å². The summed E-state index contributed by atoms with van der Waals surface area (Å²) in [6.45, 7) is 5.54. The summed E-state index contributed by atoms with van der Waals surface area (Å²) >= 11 is 1.47. The van der Waals surface area contributed by atoms with E-state index in [4.69, 9.17) is 0 Å². The first-order valence-electron chi connectivity index (χ1n) is 5.98. The molecule has 1 aliphatic rings. The predicted molar refractivity (Wildman–Crippen MR) is 77.2 cm³/mol. The molecule has 1 unspecified atom stereocenters. The quantitative estimate of drug-likeness (QED) is 0.877. The monoisotopic (exact) mass is 263 g/mol. The smallest absolute Gasteiger partial charge is 0.237 e. The molecule has 0 radical (unpaired) electrons. The normalized spacial score (nSPS) is 15.8. The van der Waals surface area contributed by atoms with E-state index in [1.54, 1.807) is 0 Å². The molecule has 0 saturated heterocycles. The first-order valence-corrected chi connectivity index (χ1v) is 6.86. The molecule has 4 nitrogen and oxygen atoms in total. The lowest BCUT2D eigenvalue weighted by atomic mass is 10.2. The summed E-state index contributed by atoms with van der Waals surface area (Å²) in [6, 6.07) is 7.77. The van der Waals surface area contributed by atoms with E-state index in [0.29, 0.717) is 0 Å². The van der Waals surface area contributed by atoms with Crippen LogP contribution in [0.15, 0.2) is 29.3 Å². The molecule has 0 bridgehead atoms. The molecule has 2 N–H and O–H groups in total. The molecule has 1 aliphatic heterocycles. The minimum atomic E-state index is -0.158. The van der Waals surface area contributed by atoms with Gasteiger partial charge in [0, 0.05) is 12.2 Å². The Balaban J connectivity index is 1.93. The maximum Gasteiger partial charge on any atom is 0.237 e. The van der Waals surface area contributed by atoms with Crippen LogP contribution in [0.25, 0.3) is 0 Å². The summed E-state index contributed by atoms with van der Waals surface area (Å²) in [5.41, 5.74) is 1.94. The Kier molecular flexibility index (Phi) is 4.25. The number of hydrogen-bond donors (Lipinski definition) is 2. The highest BCUT2D eigenvalue weighted by Crippen LogP contribution is 2.18. The van der Waals surface area contributed by atoms with Crippen molar-refractivity contribution >= 4 is 28.5 Å². The second kappa shape index (κ2) is 5.91. The largest absolute Gasteiger partial charge is 0.363 e. The van der Waals surface area contributed by atoms with Crippen LogP contribution in [0.4, 0.5) is 5.69 Å². The average Bonchev–Trinajstić information content (AvgIpc) is 2.84. The van der Waals surface area contributed by atoms with Crippen molar-refractivity contribution in [3.8, 4) is 0 Å². The molecule has 0 aliphatic carbocycles. The van der Waals surface area contributed by atoms with Crippen molar-refractivity contribution in [3.05, 3.63) is 29.8 Å². The van der Waals surface area contributed by atoms with Crippen LogP contribution >= 0.6 is 11.8 Å². The number of aryl methyl sites for hydroxylation is 1. The minimum absolute atomic E-state index is 0.00528. The number of hydrogen-bond acceptors (Lipinski definition) is 4. The number of carbonyl (C=O) groups is 1. The topological polar surface area (TPSA) is 53.5 Å². The van der Waals surface area contributed by atoms with Crippen molar-refractivity contribution in [2.75, 3.05) is 18.4 Å². The SMILES string of the molecule is Cc1ccccc1NC(=O)C(C)SC1=NCCN1. The molecule has 1 heterocycles. The van der Waals surface area contributed by atoms with Gasteiger partial charge in [0.25, 0.3) is 0 Å². The van der Waals surface area contributed by atoms with Crippen LogP contribution in [0.3, 0.4) is 0 Å². The predicted octanol–water partition coefficient (Wildman–Crippen LogP) is 2.01. The van der Waals surface area contributed by atoms with Crippen LogP contribution in [0.5, 0.6) is 0 Å². The number of anilines is 1. The number of carbonyl (C=O) groups excluding carboxylic acids is 1. The molecular formula is C13H17N3OS. The Bertz CT molecular complexity index is 473. The summed E-state index contributed by atoms with van der Waals surface area (Å²) < 4.78 is 0. The van der Waals surface area contributed by atoms with Gasteiger partial charge in [0.1, 0.15) is 0 Å². The van der Waals surface area contributed by atoms with Crippen LogP contribution in [-0.2, 0) is 4.79 Å². The Morgan fingerprint density at radius 2 is 2.28 bits per heavy atom. The van der Waals surface area contributed by atoms with E-state index in [-0.39, 0.29) is 11.2 Å². The van der Waals surface area contributed by atoms with E-state index < -0.39 is 0 Å². The Morgan fingerprint density at radius 3 is 2.94 bits per heavy atom. The zero-order chi connectivity index (χ0) is 13.0. The van der Waals surface area contributed by atoms with E-state index >= 15 is 0 Å². The van der Waals surface area contributed by atoms with Crippen LogP contribution in [0, 0.1) is 6.92 Å². The van der Waals surface area contributed by atoms with Crippen LogP contribution in [0.2, 0.25) is 0 Å². The van der Waals surface area contributed by atoms with E-state index in [0.717, 1.165) is 29.5 Å². The zero-order valence-electron chi connectivity index (χ0n) is 10.6. The molecule has 0 aromatic heterocycles. The lowest BCUT2D eigenvalue weighted by molar-refractivity contribution is -0.115. The fraction of sp³-hybridized carbons (Fsp3) is 0.385. The van der Waals surface area contributed by atoms with Gasteiger partial charge in [0.05, 0.1) is 11.8 Å². The number of aliphatic imine (C=N–C) groups is 1. The Hall–Kier alpha value is -1.49. The van der Waals surface area contributed by atoms with Gasteiger partial charge in [-0.2, -0.15) is 0 Å². The molecule has 2 rings (SSSR count). The van der Waals surface area contributed by atoms with Crippen LogP contribution < -0.4 is 10.6 Å². The summed E-state index contributed by atoms with van der Waals surface area (Å²) in [6.07, 6.45) is 0. The van der Waals surface area contributed by atoms with Gasteiger partial charge in [0.15, 0.2) is 5.17 Å². The zero-order valence-corrected chi connectivity index (χ0v) is 11.4. The molecule has 1 amide bonds. The lowest BCUT2D eigenvalue weighted by Crippen LogP contribution is -2.26. The fourth-order valence-electron chi connectivity index (χ4n) is 1.62. The van der Waals surface area contributed by atoms with E-state index in [1.165, 1.54) is 11.8 Å². The van der Waals surface area contributed by atoms with Crippen LogP contribution in [0.1, 0.15) is 12.5 Å². The van der Waals surface area contributed by atoms with Gasteiger partial charge in [0.2, 0.25) is 5.91 Å². The first kappa shape index (κ1) is 13.0. The number of amides is 1. The summed E-state index contributed by atoms with van der Waals surface area (Å²) in [4.78, 5) is 16.3. The highest BCUT2D eigenvalue weighted by atomic mass is 32.2. The maximum absolute atomic E-state index is 12.0. The lowest BCUT2D eigenvalue weighted by Gasteiger charge is -2.13. The van der Waals surface area contributed by atoms with Gasteiger partial charge in [-0.25, -0.2) is 0 Å². The van der Waals surface area contributed by atoms with Crippen molar-refractivity contribution in [1.82, 2.24) is 5.32 Å². The summed E-state index contributed by atoms with van der Waals surface area (Å²) in [5, 5.41) is 6.80. The van der Waals surface area contributed by atoms with Crippen molar-refractivity contribution in [1.29, 1.82) is 0 Å². The third kappa shape index (κ3) is 3.26. The number of rotatable bonds is 3. The third-order valence-electron chi connectivity index (χ3n) is 2.70.